The molecule has 0 unspecified atom stereocenters. The predicted molar refractivity (Wildman–Crippen MR) is 59.9 cm³/mol. The van der Waals surface area contributed by atoms with Crippen molar-refractivity contribution in [2.75, 3.05) is 5.73 Å². The quantitative estimate of drug-likeness (QED) is 0.709. The lowest BCUT2D eigenvalue weighted by Crippen LogP contribution is -2.29. The number of nitrogens with two attached hydrogens (primary N) is 1. The fraction of sp³-hybridized carbons (Fsp3) is 0.417. The van der Waals surface area contributed by atoms with Gasteiger partial charge in [-0.3, -0.25) is 4.79 Å². The van der Waals surface area contributed by atoms with Gasteiger partial charge in [-0.05, 0) is 23.3 Å². The van der Waals surface area contributed by atoms with Crippen molar-refractivity contribution in [1.29, 1.82) is 0 Å². The monoisotopic (exact) mass is 204 g/mol. The molecule has 0 spiro atoms. The Morgan fingerprint density at radius 2 is 2.00 bits per heavy atom. The highest BCUT2D eigenvalue weighted by atomic mass is 16.2. The molecule has 0 bridgehead atoms. The summed E-state index contributed by atoms with van der Waals surface area (Å²) in [5.41, 5.74) is 8.88. The third kappa shape index (κ3) is 1.82. The maximum atomic E-state index is 11.8. The number of nitrogen functional groups attached to an aromatic ring is 1. The van der Waals surface area contributed by atoms with Gasteiger partial charge >= 0.3 is 0 Å². The molecule has 0 fully saturated rings. The van der Waals surface area contributed by atoms with Gasteiger partial charge < -0.3 is 10.6 Å². The summed E-state index contributed by atoms with van der Waals surface area (Å²) in [7, 11) is 0. The van der Waals surface area contributed by atoms with E-state index in [1.54, 1.807) is 0 Å². The molecule has 2 rings (SSSR count). The van der Waals surface area contributed by atoms with Crippen LogP contribution in [-0.4, -0.2) is 10.8 Å². The second-order valence-corrected chi connectivity index (χ2v) is 4.38. The second-order valence-electron chi connectivity index (χ2n) is 4.38. The minimum atomic E-state index is 0.0664. The number of hydrogen-bond acceptors (Lipinski definition) is 2. The largest absolute Gasteiger partial charge is 0.399 e. The van der Waals surface area contributed by atoms with Gasteiger partial charge in [0.2, 0.25) is 5.91 Å². The highest BCUT2D eigenvalue weighted by Crippen LogP contribution is 2.25. The number of rotatable bonds is 1. The highest BCUT2D eigenvalue weighted by molar-refractivity contribution is 5.78. The third-order valence-corrected chi connectivity index (χ3v) is 2.76. The van der Waals surface area contributed by atoms with Crippen LogP contribution in [0.5, 0.6) is 0 Å². The van der Waals surface area contributed by atoms with Crippen molar-refractivity contribution in [3.63, 3.8) is 0 Å². The molecule has 80 valence electrons. The standard InChI is InChI=1S/C12H16N2O/c1-8(2)12(15)14-6-9-3-4-11(13)5-10(9)7-14/h3-5,8H,6-7,13H2,1-2H3. The highest BCUT2D eigenvalue weighted by Gasteiger charge is 2.24. The molecule has 0 saturated carbocycles. The van der Waals surface area contributed by atoms with E-state index in [0.29, 0.717) is 6.54 Å². The van der Waals surface area contributed by atoms with Crippen LogP contribution in [-0.2, 0) is 17.9 Å². The number of hydrogen-bond donors (Lipinski definition) is 1. The summed E-state index contributed by atoms with van der Waals surface area (Å²) in [6.45, 7) is 5.30. The summed E-state index contributed by atoms with van der Waals surface area (Å²) in [5.74, 6) is 0.279. The summed E-state index contributed by atoms with van der Waals surface area (Å²) < 4.78 is 0. The molecule has 0 atom stereocenters. The minimum Gasteiger partial charge on any atom is -0.399 e. The van der Waals surface area contributed by atoms with E-state index in [9.17, 15) is 4.79 Å². The Hall–Kier alpha value is -1.51. The molecule has 2 N–H and O–H groups in total. The van der Waals surface area contributed by atoms with Gasteiger partial charge in [-0.1, -0.05) is 19.9 Å². The van der Waals surface area contributed by atoms with Gasteiger partial charge in [0.25, 0.3) is 0 Å². The van der Waals surface area contributed by atoms with E-state index >= 15 is 0 Å². The van der Waals surface area contributed by atoms with Gasteiger partial charge in [-0.15, -0.1) is 0 Å². The topological polar surface area (TPSA) is 46.3 Å². The number of amides is 1. The predicted octanol–water partition coefficient (Wildman–Crippen LogP) is 1.77. The average molecular weight is 204 g/mol. The lowest BCUT2D eigenvalue weighted by atomic mass is 10.1. The van der Waals surface area contributed by atoms with Gasteiger partial charge in [0.05, 0.1) is 0 Å². The summed E-state index contributed by atoms with van der Waals surface area (Å²) in [5, 5.41) is 0. The van der Waals surface area contributed by atoms with Gasteiger partial charge in [-0.25, -0.2) is 0 Å². The van der Waals surface area contributed by atoms with Crippen LogP contribution in [0.15, 0.2) is 18.2 Å². The molecule has 1 amide bonds. The van der Waals surface area contributed by atoms with Crippen LogP contribution in [0.25, 0.3) is 0 Å². The number of anilines is 1. The third-order valence-electron chi connectivity index (χ3n) is 2.76. The normalized spacial score (nSPS) is 14.5. The van der Waals surface area contributed by atoms with Crippen LogP contribution >= 0.6 is 0 Å². The fourth-order valence-electron chi connectivity index (χ4n) is 1.94. The van der Waals surface area contributed by atoms with Crippen molar-refractivity contribution in [2.45, 2.75) is 26.9 Å². The van der Waals surface area contributed by atoms with Gasteiger partial charge in [0, 0.05) is 24.7 Å². The van der Waals surface area contributed by atoms with E-state index in [2.05, 4.69) is 0 Å². The van der Waals surface area contributed by atoms with E-state index in [4.69, 9.17) is 5.73 Å². The van der Waals surface area contributed by atoms with Crippen molar-refractivity contribution in [2.24, 2.45) is 5.92 Å². The van der Waals surface area contributed by atoms with Crippen molar-refractivity contribution in [3.8, 4) is 0 Å². The van der Waals surface area contributed by atoms with Crippen LogP contribution < -0.4 is 5.73 Å². The van der Waals surface area contributed by atoms with Crippen LogP contribution in [0.3, 0.4) is 0 Å². The Labute approximate surface area is 89.9 Å². The minimum absolute atomic E-state index is 0.0664. The van der Waals surface area contributed by atoms with Gasteiger partial charge in [0.15, 0.2) is 0 Å². The Bertz CT molecular complexity index is 399. The summed E-state index contributed by atoms with van der Waals surface area (Å²) in [6, 6.07) is 5.86. The zero-order valence-corrected chi connectivity index (χ0v) is 9.16. The molecule has 15 heavy (non-hydrogen) atoms. The molecule has 1 aromatic carbocycles. The molecule has 0 saturated heterocycles. The number of carbonyl (C=O) groups excluding carboxylic acids is 1. The molecular weight excluding hydrogens is 188 g/mol. The average Bonchev–Trinajstić information content (AvgIpc) is 2.58. The van der Waals surface area contributed by atoms with Crippen molar-refractivity contribution in [1.82, 2.24) is 4.90 Å². The van der Waals surface area contributed by atoms with E-state index in [0.717, 1.165) is 12.2 Å². The Morgan fingerprint density at radius 3 is 2.67 bits per heavy atom. The molecule has 1 aliphatic rings. The fourth-order valence-corrected chi connectivity index (χ4v) is 1.94. The Balaban J connectivity index is 2.19. The maximum absolute atomic E-state index is 11.8. The molecule has 1 heterocycles. The van der Waals surface area contributed by atoms with E-state index in [-0.39, 0.29) is 11.8 Å². The lowest BCUT2D eigenvalue weighted by molar-refractivity contribution is -0.135. The summed E-state index contributed by atoms with van der Waals surface area (Å²) in [4.78, 5) is 13.7. The molecule has 0 radical (unpaired) electrons. The van der Waals surface area contributed by atoms with Crippen LogP contribution in [0.4, 0.5) is 5.69 Å². The first-order valence-corrected chi connectivity index (χ1v) is 5.24. The number of benzene rings is 1. The number of nitrogens with zero attached hydrogens (tertiary/aromatic N) is 1. The molecule has 0 aliphatic carbocycles. The zero-order chi connectivity index (χ0) is 11.0. The Morgan fingerprint density at radius 1 is 1.33 bits per heavy atom. The molecule has 3 nitrogen and oxygen atoms in total. The maximum Gasteiger partial charge on any atom is 0.225 e. The van der Waals surface area contributed by atoms with Crippen LogP contribution in [0.1, 0.15) is 25.0 Å². The van der Waals surface area contributed by atoms with Crippen molar-refractivity contribution < 1.29 is 4.79 Å². The molecular formula is C12H16N2O. The van der Waals surface area contributed by atoms with E-state index in [1.807, 2.05) is 36.9 Å². The summed E-state index contributed by atoms with van der Waals surface area (Å²) in [6.07, 6.45) is 0. The SMILES string of the molecule is CC(C)C(=O)N1Cc2ccc(N)cc2C1. The van der Waals surface area contributed by atoms with Crippen molar-refractivity contribution >= 4 is 11.6 Å². The molecule has 1 aromatic rings. The molecule has 1 aliphatic heterocycles. The zero-order valence-electron chi connectivity index (χ0n) is 9.16. The van der Waals surface area contributed by atoms with E-state index in [1.165, 1.54) is 11.1 Å². The first-order valence-electron chi connectivity index (χ1n) is 5.24. The van der Waals surface area contributed by atoms with Gasteiger partial charge in [-0.2, -0.15) is 0 Å². The lowest BCUT2D eigenvalue weighted by Gasteiger charge is -2.17. The molecule has 0 aromatic heterocycles. The smallest absolute Gasteiger partial charge is 0.225 e. The Kier molecular flexibility index (Phi) is 2.39. The van der Waals surface area contributed by atoms with Crippen molar-refractivity contribution in [3.05, 3.63) is 29.3 Å². The summed E-state index contributed by atoms with van der Waals surface area (Å²) >= 11 is 0. The number of fused-ring (bicyclic) bond motifs is 1. The van der Waals surface area contributed by atoms with Gasteiger partial charge in [0.1, 0.15) is 0 Å². The number of carbonyl (C=O) groups is 1. The van der Waals surface area contributed by atoms with Crippen LogP contribution in [0, 0.1) is 5.92 Å². The van der Waals surface area contributed by atoms with E-state index < -0.39 is 0 Å². The first kappa shape index (κ1) is 10.0. The molecule has 3 heteroatoms. The second kappa shape index (κ2) is 3.57. The van der Waals surface area contributed by atoms with Crippen LogP contribution in [0.2, 0.25) is 0 Å². The first-order chi connectivity index (χ1) is 7.08.